The van der Waals surface area contributed by atoms with Crippen molar-refractivity contribution in [3.05, 3.63) is 29.6 Å². The summed E-state index contributed by atoms with van der Waals surface area (Å²) in [5, 5.41) is 0. The molecular weight excluding hydrogens is 235 g/mol. The van der Waals surface area contributed by atoms with Gasteiger partial charge in [-0.15, -0.1) is 0 Å². The SMILES string of the molecule is CCN(CC(C)C)c1cccc(F)c1C(N)=S. The van der Waals surface area contributed by atoms with Crippen LogP contribution in [0.3, 0.4) is 0 Å². The summed E-state index contributed by atoms with van der Waals surface area (Å²) in [5.74, 6) is 0.148. The first-order valence-corrected chi connectivity index (χ1v) is 6.21. The number of rotatable bonds is 5. The maximum atomic E-state index is 13.7. The number of halogens is 1. The van der Waals surface area contributed by atoms with Crippen molar-refractivity contribution in [1.29, 1.82) is 0 Å². The molecule has 0 aliphatic rings. The van der Waals surface area contributed by atoms with Crippen LogP contribution in [-0.2, 0) is 0 Å². The second-order valence-electron chi connectivity index (χ2n) is 4.43. The Labute approximate surface area is 108 Å². The summed E-state index contributed by atoms with van der Waals surface area (Å²) in [6.07, 6.45) is 0. The molecule has 1 aromatic carbocycles. The van der Waals surface area contributed by atoms with Crippen LogP contribution in [-0.4, -0.2) is 18.1 Å². The number of anilines is 1. The number of hydrogen-bond donors (Lipinski definition) is 1. The van der Waals surface area contributed by atoms with Gasteiger partial charge in [-0.25, -0.2) is 4.39 Å². The van der Waals surface area contributed by atoms with Crippen LogP contribution in [0, 0.1) is 11.7 Å². The summed E-state index contributed by atoms with van der Waals surface area (Å²) in [7, 11) is 0. The topological polar surface area (TPSA) is 29.3 Å². The molecule has 0 amide bonds. The van der Waals surface area contributed by atoms with Crippen LogP contribution in [0.2, 0.25) is 0 Å². The quantitative estimate of drug-likeness (QED) is 0.819. The highest BCUT2D eigenvalue weighted by Crippen LogP contribution is 2.24. The van der Waals surface area contributed by atoms with Crippen LogP contribution >= 0.6 is 12.2 Å². The van der Waals surface area contributed by atoms with Gasteiger partial charge in [-0.2, -0.15) is 0 Å². The third kappa shape index (κ3) is 3.40. The van der Waals surface area contributed by atoms with Crippen LogP contribution in [0.5, 0.6) is 0 Å². The third-order valence-electron chi connectivity index (χ3n) is 2.55. The summed E-state index contributed by atoms with van der Waals surface area (Å²) in [6, 6.07) is 4.94. The van der Waals surface area contributed by atoms with Crippen molar-refractivity contribution in [2.75, 3.05) is 18.0 Å². The number of thiocarbonyl (C=S) groups is 1. The highest BCUT2D eigenvalue weighted by molar-refractivity contribution is 7.80. The summed E-state index contributed by atoms with van der Waals surface area (Å²) in [6.45, 7) is 7.95. The molecule has 1 rings (SSSR count). The molecule has 0 aromatic heterocycles. The van der Waals surface area contributed by atoms with Gasteiger partial charge in [0.1, 0.15) is 10.8 Å². The van der Waals surface area contributed by atoms with E-state index in [1.807, 2.05) is 13.0 Å². The first-order valence-electron chi connectivity index (χ1n) is 5.80. The first-order chi connectivity index (χ1) is 7.97. The van der Waals surface area contributed by atoms with Crippen LogP contribution in [0.4, 0.5) is 10.1 Å². The molecule has 0 saturated heterocycles. The summed E-state index contributed by atoms with van der Waals surface area (Å²) in [4.78, 5) is 2.21. The molecular formula is C13H19FN2S. The van der Waals surface area contributed by atoms with Gasteiger partial charge in [0.2, 0.25) is 0 Å². The minimum absolute atomic E-state index is 0.111. The highest BCUT2D eigenvalue weighted by atomic mass is 32.1. The lowest BCUT2D eigenvalue weighted by molar-refractivity contribution is 0.607. The van der Waals surface area contributed by atoms with Gasteiger partial charge in [-0.05, 0) is 25.0 Å². The maximum Gasteiger partial charge on any atom is 0.135 e. The Balaban J connectivity index is 3.18. The average Bonchev–Trinajstić information content (AvgIpc) is 2.24. The summed E-state index contributed by atoms with van der Waals surface area (Å²) < 4.78 is 13.7. The Bertz CT molecular complexity index is 404. The third-order valence-corrected chi connectivity index (χ3v) is 2.75. The molecule has 0 fully saturated rings. The fraction of sp³-hybridized carbons (Fsp3) is 0.462. The predicted molar refractivity (Wildman–Crippen MR) is 75.0 cm³/mol. The van der Waals surface area contributed by atoms with Crippen molar-refractivity contribution < 1.29 is 4.39 Å². The molecule has 1 aromatic rings. The van der Waals surface area contributed by atoms with Gasteiger partial charge < -0.3 is 10.6 Å². The maximum absolute atomic E-state index is 13.7. The van der Waals surface area contributed by atoms with Crippen molar-refractivity contribution in [2.45, 2.75) is 20.8 Å². The molecule has 0 spiro atoms. The van der Waals surface area contributed by atoms with E-state index < -0.39 is 0 Å². The number of benzene rings is 1. The fourth-order valence-electron chi connectivity index (χ4n) is 1.86. The smallest absolute Gasteiger partial charge is 0.135 e. The lowest BCUT2D eigenvalue weighted by atomic mass is 10.1. The Morgan fingerprint density at radius 2 is 2.12 bits per heavy atom. The average molecular weight is 254 g/mol. The van der Waals surface area contributed by atoms with Gasteiger partial charge in [-0.3, -0.25) is 0 Å². The van der Waals surface area contributed by atoms with Crippen molar-refractivity contribution in [3.63, 3.8) is 0 Å². The Kier molecular flexibility index (Phi) is 4.87. The first kappa shape index (κ1) is 13.9. The van der Waals surface area contributed by atoms with Gasteiger partial charge in [-0.1, -0.05) is 32.1 Å². The molecule has 0 heterocycles. The van der Waals surface area contributed by atoms with Gasteiger partial charge in [0.05, 0.1) is 5.56 Å². The standard InChI is InChI=1S/C13H19FN2S/c1-4-16(8-9(2)3)11-7-5-6-10(14)12(11)13(15)17/h5-7,9H,4,8H2,1-3H3,(H2,15,17). The molecule has 0 unspecified atom stereocenters. The molecule has 0 aliphatic heterocycles. The van der Waals surface area contributed by atoms with E-state index in [4.69, 9.17) is 18.0 Å². The van der Waals surface area contributed by atoms with E-state index in [9.17, 15) is 4.39 Å². The molecule has 94 valence electrons. The minimum Gasteiger partial charge on any atom is -0.389 e. The van der Waals surface area contributed by atoms with E-state index >= 15 is 0 Å². The lowest BCUT2D eigenvalue weighted by Crippen LogP contribution is -2.30. The van der Waals surface area contributed by atoms with Crippen molar-refractivity contribution in [1.82, 2.24) is 0 Å². The van der Waals surface area contributed by atoms with Gasteiger partial charge in [0.15, 0.2) is 0 Å². The molecule has 0 atom stereocenters. The van der Waals surface area contributed by atoms with Gasteiger partial charge in [0, 0.05) is 18.8 Å². The van der Waals surface area contributed by atoms with Crippen LogP contribution in [0.25, 0.3) is 0 Å². The summed E-state index contributed by atoms with van der Waals surface area (Å²) >= 11 is 4.93. The highest BCUT2D eigenvalue weighted by Gasteiger charge is 2.16. The van der Waals surface area contributed by atoms with Crippen LogP contribution in [0.15, 0.2) is 18.2 Å². The molecule has 2 nitrogen and oxygen atoms in total. The van der Waals surface area contributed by atoms with E-state index in [1.165, 1.54) is 6.07 Å². The lowest BCUT2D eigenvalue weighted by Gasteiger charge is -2.27. The monoisotopic (exact) mass is 254 g/mol. The number of hydrogen-bond acceptors (Lipinski definition) is 2. The van der Waals surface area contributed by atoms with E-state index in [0.29, 0.717) is 11.5 Å². The van der Waals surface area contributed by atoms with Crippen molar-refractivity contribution >= 4 is 22.9 Å². The van der Waals surface area contributed by atoms with E-state index in [1.54, 1.807) is 6.07 Å². The molecule has 4 heteroatoms. The second-order valence-corrected chi connectivity index (χ2v) is 4.87. The Morgan fingerprint density at radius 3 is 2.59 bits per heavy atom. The van der Waals surface area contributed by atoms with Crippen LogP contribution < -0.4 is 10.6 Å². The predicted octanol–water partition coefficient (Wildman–Crippen LogP) is 2.94. The molecule has 0 radical (unpaired) electrons. The number of nitrogens with zero attached hydrogens (tertiary/aromatic N) is 1. The summed E-state index contributed by atoms with van der Waals surface area (Å²) in [5.41, 5.74) is 6.74. The molecule has 0 bridgehead atoms. The Hall–Kier alpha value is -1.16. The van der Waals surface area contributed by atoms with Crippen molar-refractivity contribution in [3.8, 4) is 0 Å². The fourth-order valence-corrected chi connectivity index (χ4v) is 2.06. The van der Waals surface area contributed by atoms with Crippen molar-refractivity contribution in [2.24, 2.45) is 11.7 Å². The van der Waals surface area contributed by atoms with E-state index in [-0.39, 0.29) is 10.8 Å². The molecule has 0 aliphatic carbocycles. The second kappa shape index (κ2) is 5.96. The van der Waals surface area contributed by atoms with Gasteiger partial charge in [0.25, 0.3) is 0 Å². The normalized spacial score (nSPS) is 10.6. The zero-order valence-corrected chi connectivity index (χ0v) is 11.4. The molecule has 0 saturated carbocycles. The zero-order valence-electron chi connectivity index (χ0n) is 10.5. The largest absolute Gasteiger partial charge is 0.389 e. The van der Waals surface area contributed by atoms with Gasteiger partial charge >= 0.3 is 0 Å². The zero-order chi connectivity index (χ0) is 13.0. The van der Waals surface area contributed by atoms with E-state index in [0.717, 1.165) is 18.8 Å². The Morgan fingerprint density at radius 1 is 1.47 bits per heavy atom. The molecule has 17 heavy (non-hydrogen) atoms. The number of nitrogens with two attached hydrogens (primary N) is 1. The van der Waals surface area contributed by atoms with E-state index in [2.05, 4.69) is 18.7 Å². The molecule has 2 N–H and O–H groups in total. The minimum atomic E-state index is -0.350. The van der Waals surface area contributed by atoms with Crippen LogP contribution in [0.1, 0.15) is 26.3 Å².